The van der Waals surface area contributed by atoms with Crippen LogP contribution >= 0.6 is 11.3 Å². The lowest BCUT2D eigenvalue weighted by atomic mass is 10.1. The third-order valence-electron chi connectivity index (χ3n) is 4.87. The summed E-state index contributed by atoms with van der Waals surface area (Å²) in [6.45, 7) is 0.503. The highest BCUT2D eigenvalue weighted by atomic mass is 32.1. The Morgan fingerprint density at radius 1 is 0.889 bits per heavy atom. The number of hydrogen-bond acceptors (Lipinski definition) is 3. The van der Waals surface area contributed by atoms with E-state index in [9.17, 15) is 4.79 Å². The van der Waals surface area contributed by atoms with E-state index in [1.165, 1.54) is 4.70 Å². The number of amides is 1. The Morgan fingerprint density at radius 3 is 2.52 bits per heavy atom. The smallest absolute Gasteiger partial charge is 0.261 e. The van der Waals surface area contributed by atoms with E-state index in [4.69, 9.17) is 4.74 Å². The predicted molar refractivity (Wildman–Crippen MR) is 108 cm³/mol. The minimum atomic E-state index is -0.441. The Morgan fingerprint density at radius 2 is 1.63 bits per heavy atom. The highest BCUT2D eigenvalue weighted by molar-refractivity contribution is 7.17. The van der Waals surface area contributed by atoms with Crippen LogP contribution in [0.2, 0.25) is 0 Å². The van der Waals surface area contributed by atoms with Gasteiger partial charge in [0.05, 0.1) is 5.56 Å². The van der Waals surface area contributed by atoms with Gasteiger partial charge in [0.2, 0.25) is 6.23 Å². The number of hydrogen-bond donors (Lipinski definition) is 0. The molecule has 5 rings (SSSR count). The first-order valence-corrected chi connectivity index (χ1v) is 9.76. The van der Waals surface area contributed by atoms with Gasteiger partial charge in [0.15, 0.2) is 0 Å². The van der Waals surface area contributed by atoms with Crippen molar-refractivity contribution in [1.82, 2.24) is 4.90 Å². The van der Waals surface area contributed by atoms with E-state index in [-0.39, 0.29) is 5.91 Å². The Kier molecular flexibility index (Phi) is 3.91. The van der Waals surface area contributed by atoms with E-state index in [1.807, 2.05) is 71.6 Å². The summed E-state index contributed by atoms with van der Waals surface area (Å²) in [5.74, 6) is 0.646. The molecule has 4 aromatic rings. The summed E-state index contributed by atoms with van der Waals surface area (Å²) >= 11 is 1.68. The number of rotatable bonds is 3. The Hall–Kier alpha value is -3.11. The molecule has 1 aliphatic rings. The van der Waals surface area contributed by atoms with Crippen LogP contribution in [0, 0.1) is 0 Å². The standard InChI is InChI=1S/C23H17NO2S/c25-22-18-11-4-6-12-20(18)26-23(24(22)14-16-8-2-1-3-9-16)19-15-27-21-13-7-5-10-17(19)21/h1-13,15,23H,14H2/t23-/m1/s1. The lowest BCUT2D eigenvalue weighted by Crippen LogP contribution is -2.41. The Labute approximate surface area is 161 Å². The number of carbonyl (C=O) groups is 1. The second-order valence-electron chi connectivity index (χ2n) is 6.57. The van der Waals surface area contributed by atoms with Crippen LogP contribution in [0.25, 0.3) is 10.1 Å². The van der Waals surface area contributed by atoms with Crippen LogP contribution in [-0.4, -0.2) is 10.8 Å². The third kappa shape index (κ3) is 2.78. The summed E-state index contributed by atoms with van der Waals surface area (Å²) in [4.78, 5) is 15.1. The maximum Gasteiger partial charge on any atom is 0.261 e. The van der Waals surface area contributed by atoms with Gasteiger partial charge in [0.1, 0.15) is 5.75 Å². The lowest BCUT2D eigenvalue weighted by Gasteiger charge is -2.36. The molecule has 1 aromatic heterocycles. The van der Waals surface area contributed by atoms with Crippen molar-refractivity contribution in [1.29, 1.82) is 0 Å². The zero-order valence-corrected chi connectivity index (χ0v) is 15.4. The molecule has 3 aromatic carbocycles. The first kappa shape index (κ1) is 16.1. The van der Waals surface area contributed by atoms with E-state index in [0.29, 0.717) is 17.9 Å². The summed E-state index contributed by atoms with van der Waals surface area (Å²) in [6.07, 6.45) is -0.441. The van der Waals surface area contributed by atoms with E-state index < -0.39 is 6.23 Å². The van der Waals surface area contributed by atoms with Crippen LogP contribution in [0.15, 0.2) is 84.2 Å². The number of thiophene rings is 1. The topological polar surface area (TPSA) is 29.5 Å². The third-order valence-corrected chi connectivity index (χ3v) is 5.85. The van der Waals surface area contributed by atoms with Gasteiger partial charge >= 0.3 is 0 Å². The van der Waals surface area contributed by atoms with Crippen molar-refractivity contribution in [3.63, 3.8) is 0 Å². The van der Waals surface area contributed by atoms with Crippen LogP contribution in [-0.2, 0) is 6.54 Å². The molecule has 4 heteroatoms. The second kappa shape index (κ2) is 6.56. The molecule has 0 fully saturated rings. The van der Waals surface area contributed by atoms with Gasteiger partial charge in [-0.3, -0.25) is 9.69 Å². The summed E-state index contributed by atoms with van der Waals surface area (Å²) in [5, 5.41) is 3.24. The molecular weight excluding hydrogens is 354 g/mol. The summed E-state index contributed by atoms with van der Waals surface area (Å²) in [6, 6.07) is 25.8. The molecule has 0 aliphatic carbocycles. The second-order valence-corrected chi connectivity index (χ2v) is 7.48. The molecule has 0 saturated carbocycles. The first-order valence-electron chi connectivity index (χ1n) is 8.88. The maximum absolute atomic E-state index is 13.3. The monoisotopic (exact) mass is 371 g/mol. The largest absolute Gasteiger partial charge is 0.465 e. The van der Waals surface area contributed by atoms with Gasteiger partial charge < -0.3 is 4.74 Å². The van der Waals surface area contributed by atoms with Gasteiger partial charge in [-0.1, -0.05) is 60.7 Å². The molecule has 0 spiro atoms. The van der Waals surface area contributed by atoms with Crippen LogP contribution in [0.5, 0.6) is 5.75 Å². The van der Waals surface area contributed by atoms with Gasteiger partial charge in [0.25, 0.3) is 5.91 Å². The predicted octanol–water partition coefficient (Wildman–Crippen LogP) is 5.63. The lowest BCUT2D eigenvalue weighted by molar-refractivity contribution is 0.00555. The Balaban J connectivity index is 1.63. The fourth-order valence-corrected chi connectivity index (χ4v) is 4.51. The number of nitrogens with zero attached hydrogens (tertiary/aromatic N) is 1. The summed E-state index contributed by atoms with van der Waals surface area (Å²) < 4.78 is 7.55. The van der Waals surface area contributed by atoms with Gasteiger partial charge in [-0.2, -0.15) is 0 Å². The molecule has 0 bridgehead atoms. The minimum absolute atomic E-state index is 0.000911. The van der Waals surface area contributed by atoms with Gasteiger partial charge in [-0.15, -0.1) is 11.3 Å². The van der Waals surface area contributed by atoms with Crippen molar-refractivity contribution >= 4 is 27.3 Å². The van der Waals surface area contributed by atoms with Crippen LogP contribution in [0.4, 0.5) is 0 Å². The molecular formula is C23H17NO2S. The molecule has 0 saturated heterocycles. The average molecular weight is 371 g/mol. The normalized spacial score (nSPS) is 16.2. The highest BCUT2D eigenvalue weighted by Crippen LogP contribution is 2.40. The van der Waals surface area contributed by atoms with Crippen molar-refractivity contribution in [2.75, 3.05) is 0 Å². The van der Waals surface area contributed by atoms with Gasteiger partial charge in [-0.25, -0.2) is 0 Å². The highest BCUT2D eigenvalue weighted by Gasteiger charge is 2.35. The summed E-state index contributed by atoms with van der Waals surface area (Å²) in [7, 11) is 0. The fraction of sp³-hybridized carbons (Fsp3) is 0.0870. The molecule has 132 valence electrons. The quantitative estimate of drug-likeness (QED) is 0.467. The molecule has 0 unspecified atom stereocenters. The molecule has 3 nitrogen and oxygen atoms in total. The zero-order valence-electron chi connectivity index (χ0n) is 14.5. The van der Waals surface area contributed by atoms with Crippen molar-refractivity contribution in [3.05, 3.63) is 101 Å². The molecule has 0 N–H and O–H groups in total. The fourth-order valence-electron chi connectivity index (χ4n) is 3.55. The van der Waals surface area contributed by atoms with E-state index in [0.717, 1.165) is 16.5 Å². The first-order chi connectivity index (χ1) is 13.3. The molecule has 0 radical (unpaired) electrons. The Bertz CT molecular complexity index is 1120. The van der Waals surface area contributed by atoms with Crippen molar-refractivity contribution in [2.24, 2.45) is 0 Å². The van der Waals surface area contributed by atoms with Gasteiger partial charge in [0, 0.05) is 27.6 Å². The SMILES string of the molecule is O=C1c2ccccc2O[C@H](c2csc3ccccc23)N1Cc1ccccc1. The molecule has 1 atom stereocenters. The number of benzene rings is 3. The van der Waals surface area contributed by atoms with E-state index in [1.54, 1.807) is 11.3 Å². The number of carbonyl (C=O) groups excluding carboxylic acids is 1. The zero-order chi connectivity index (χ0) is 18.2. The minimum Gasteiger partial charge on any atom is -0.465 e. The molecule has 2 heterocycles. The number of fused-ring (bicyclic) bond motifs is 2. The van der Waals surface area contributed by atoms with Crippen molar-refractivity contribution in [2.45, 2.75) is 12.8 Å². The van der Waals surface area contributed by atoms with Gasteiger partial charge in [-0.05, 0) is 23.8 Å². The van der Waals surface area contributed by atoms with Crippen molar-refractivity contribution < 1.29 is 9.53 Å². The average Bonchev–Trinajstić information content (AvgIpc) is 3.15. The summed E-state index contributed by atoms with van der Waals surface area (Å²) in [5.41, 5.74) is 2.73. The number of ether oxygens (including phenoxy) is 1. The van der Waals surface area contributed by atoms with E-state index >= 15 is 0 Å². The van der Waals surface area contributed by atoms with Crippen LogP contribution < -0.4 is 4.74 Å². The van der Waals surface area contributed by atoms with E-state index in [2.05, 4.69) is 17.5 Å². The molecule has 1 aliphatic heterocycles. The molecule has 1 amide bonds. The number of para-hydroxylation sites is 1. The maximum atomic E-state index is 13.3. The van der Waals surface area contributed by atoms with Crippen LogP contribution in [0.3, 0.4) is 0 Å². The van der Waals surface area contributed by atoms with Crippen molar-refractivity contribution in [3.8, 4) is 5.75 Å². The van der Waals surface area contributed by atoms with Crippen LogP contribution in [0.1, 0.15) is 27.7 Å². The molecule has 27 heavy (non-hydrogen) atoms.